The molecular formula is C19H26N4O5. The number of nitrogens with two attached hydrogens (primary N) is 1. The molecule has 2 rings (SSSR count). The van der Waals surface area contributed by atoms with E-state index in [4.69, 9.17) is 15.2 Å². The smallest absolute Gasteiger partial charge is 0.329 e. The van der Waals surface area contributed by atoms with E-state index in [-0.39, 0.29) is 17.9 Å². The molecule has 0 amide bonds. The monoisotopic (exact) mass is 390 g/mol. The molecule has 28 heavy (non-hydrogen) atoms. The summed E-state index contributed by atoms with van der Waals surface area (Å²) in [6.07, 6.45) is 0.638. The van der Waals surface area contributed by atoms with Gasteiger partial charge in [-0.2, -0.15) is 0 Å². The van der Waals surface area contributed by atoms with Crippen LogP contribution in [0.3, 0.4) is 0 Å². The van der Waals surface area contributed by atoms with E-state index in [2.05, 4.69) is 4.98 Å². The first-order chi connectivity index (χ1) is 13.3. The van der Waals surface area contributed by atoms with Gasteiger partial charge in [-0.25, -0.2) is 4.79 Å². The number of nitrogens with one attached hydrogen (secondary N) is 1. The Kier molecular flexibility index (Phi) is 7.00. The second kappa shape index (κ2) is 9.23. The molecule has 0 atom stereocenters. The van der Waals surface area contributed by atoms with Crippen LogP contribution in [0.25, 0.3) is 0 Å². The number of hydrogen-bond donors (Lipinski definition) is 2. The first-order valence-corrected chi connectivity index (χ1v) is 8.88. The Morgan fingerprint density at radius 1 is 1.25 bits per heavy atom. The van der Waals surface area contributed by atoms with Gasteiger partial charge in [0.15, 0.2) is 17.3 Å². The van der Waals surface area contributed by atoms with Crippen molar-refractivity contribution in [2.45, 2.75) is 26.4 Å². The number of carbonyl (C=O) groups is 1. The fraction of sp³-hybridized carbons (Fsp3) is 0.421. The number of methoxy groups -OCH3 is 2. The summed E-state index contributed by atoms with van der Waals surface area (Å²) in [5.41, 5.74) is 5.20. The third kappa shape index (κ3) is 4.42. The number of likely N-dealkylation sites (N-methyl/N-ethyl adjacent to an activating group) is 1. The molecule has 0 fully saturated rings. The van der Waals surface area contributed by atoms with Crippen LogP contribution in [0.5, 0.6) is 11.5 Å². The molecule has 1 heterocycles. The molecule has 0 bridgehead atoms. The molecule has 0 radical (unpaired) electrons. The van der Waals surface area contributed by atoms with Gasteiger partial charge in [-0.3, -0.25) is 24.0 Å². The Morgan fingerprint density at radius 2 is 1.96 bits per heavy atom. The molecule has 0 saturated heterocycles. The first kappa shape index (κ1) is 21.2. The number of benzene rings is 1. The standard InChI is InChI=1S/C19H26N4O5/c1-5-9-23-17(20)15(18(25)21-19(23)26)13(24)11-22(2)10-12-7-6-8-14(27-3)16(12)28-4/h6-8H,5,9-11,20H2,1-4H3,(H,21,25,26). The van der Waals surface area contributed by atoms with E-state index in [1.54, 1.807) is 32.2 Å². The van der Waals surface area contributed by atoms with Crippen LogP contribution in [0.4, 0.5) is 5.82 Å². The lowest BCUT2D eigenvalue weighted by atomic mass is 10.1. The number of anilines is 1. The number of ether oxygens (including phenoxy) is 2. The second-order valence-electron chi connectivity index (χ2n) is 6.42. The fourth-order valence-corrected chi connectivity index (χ4v) is 3.05. The van der Waals surface area contributed by atoms with Crippen molar-refractivity contribution in [2.24, 2.45) is 0 Å². The highest BCUT2D eigenvalue weighted by Gasteiger charge is 2.21. The number of ketones is 1. The highest BCUT2D eigenvalue weighted by atomic mass is 16.5. The molecule has 152 valence electrons. The van der Waals surface area contributed by atoms with Crippen LogP contribution < -0.4 is 26.5 Å². The number of aromatic amines is 1. The fourth-order valence-electron chi connectivity index (χ4n) is 3.05. The number of hydrogen-bond acceptors (Lipinski definition) is 7. The maximum atomic E-state index is 12.7. The summed E-state index contributed by atoms with van der Waals surface area (Å²) < 4.78 is 11.9. The van der Waals surface area contributed by atoms with Crippen LogP contribution >= 0.6 is 0 Å². The molecule has 0 unspecified atom stereocenters. The predicted molar refractivity (Wildman–Crippen MR) is 106 cm³/mol. The third-order valence-corrected chi connectivity index (χ3v) is 4.30. The summed E-state index contributed by atoms with van der Waals surface area (Å²) in [5, 5.41) is 0. The van der Waals surface area contributed by atoms with E-state index >= 15 is 0 Å². The lowest BCUT2D eigenvalue weighted by Crippen LogP contribution is -2.38. The van der Waals surface area contributed by atoms with E-state index in [9.17, 15) is 14.4 Å². The molecule has 0 aliphatic rings. The van der Waals surface area contributed by atoms with Crippen LogP contribution in [0.1, 0.15) is 29.3 Å². The van der Waals surface area contributed by atoms with Gasteiger partial charge in [-0.1, -0.05) is 19.1 Å². The summed E-state index contributed by atoms with van der Waals surface area (Å²) in [6.45, 7) is 2.52. The zero-order valence-corrected chi connectivity index (χ0v) is 16.6. The number of aromatic nitrogens is 2. The molecule has 9 heteroatoms. The first-order valence-electron chi connectivity index (χ1n) is 8.88. The van der Waals surface area contributed by atoms with Crippen molar-refractivity contribution in [2.75, 3.05) is 33.5 Å². The topological polar surface area (TPSA) is 120 Å². The molecular weight excluding hydrogens is 364 g/mol. The lowest BCUT2D eigenvalue weighted by molar-refractivity contribution is 0.0941. The normalized spacial score (nSPS) is 10.9. The minimum atomic E-state index is -0.771. The van der Waals surface area contributed by atoms with Crippen LogP contribution in [0.15, 0.2) is 27.8 Å². The van der Waals surface area contributed by atoms with E-state index in [0.717, 1.165) is 5.56 Å². The van der Waals surface area contributed by atoms with Gasteiger partial charge in [-0.15, -0.1) is 0 Å². The zero-order valence-electron chi connectivity index (χ0n) is 16.6. The predicted octanol–water partition coefficient (Wildman–Crippen LogP) is 0.861. The Labute approximate surface area is 162 Å². The summed E-state index contributed by atoms with van der Waals surface area (Å²) in [5.74, 6) is 0.603. The van der Waals surface area contributed by atoms with Gasteiger partial charge in [0.1, 0.15) is 11.4 Å². The van der Waals surface area contributed by atoms with Crippen LogP contribution in [-0.4, -0.2) is 48.0 Å². The van der Waals surface area contributed by atoms with Crippen molar-refractivity contribution in [1.82, 2.24) is 14.5 Å². The molecule has 0 aliphatic heterocycles. The van der Waals surface area contributed by atoms with Crippen molar-refractivity contribution >= 4 is 11.6 Å². The van der Waals surface area contributed by atoms with Gasteiger partial charge < -0.3 is 15.2 Å². The maximum absolute atomic E-state index is 12.7. The van der Waals surface area contributed by atoms with E-state index < -0.39 is 17.0 Å². The lowest BCUT2D eigenvalue weighted by Gasteiger charge is -2.19. The number of nitrogen functional groups attached to an aromatic ring is 1. The number of rotatable bonds is 9. The van der Waals surface area contributed by atoms with Crippen LogP contribution in [-0.2, 0) is 13.1 Å². The summed E-state index contributed by atoms with van der Waals surface area (Å²) in [4.78, 5) is 40.7. The quantitative estimate of drug-likeness (QED) is 0.609. The Bertz CT molecular complexity index is 964. The average molecular weight is 390 g/mol. The highest BCUT2D eigenvalue weighted by molar-refractivity contribution is 6.01. The van der Waals surface area contributed by atoms with E-state index in [0.29, 0.717) is 31.0 Å². The van der Waals surface area contributed by atoms with Crippen molar-refractivity contribution in [3.8, 4) is 11.5 Å². The molecule has 0 spiro atoms. The third-order valence-electron chi connectivity index (χ3n) is 4.30. The number of carbonyl (C=O) groups excluding carboxylic acids is 1. The molecule has 2 aromatic rings. The minimum Gasteiger partial charge on any atom is -0.493 e. The Balaban J connectivity index is 2.26. The second-order valence-corrected chi connectivity index (χ2v) is 6.42. The molecule has 1 aromatic heterocycles. The van der Waals surface area contributed by atoms with Crippen molar-refractivity contribution in [1.29, 1.82) is 0 Å². The Morgan fingerprint density at radius 3 is 2.57 bits per heavy atom. The number of nitrogens with zero attached hydrogens (tertiary/aromatic N) is 2. The van der Waals surface area contributed by atoms with Gasteiger partial charge in [0.2, 0.25) is 0 Å². The van der Waals surface area contributed by atoms with Crippen LogP contribution in [0, 0.1) is 0 Å². The zero-order chi connectivity index (χ0) is 20.8. The van der Waals surface area contributed by atoms with Crippen molar-refractivity contribution in [3.63, 3.8) is 0 Å². The molecule has 9 nitrogen and oxygen atoms in total. The number of para-hydroxylation sites is 1. The molecule has 0 aliphatic carbocycles. The van der Waals surface area contributed by atoms with Gasteiger partial charge in [0, 0.05) is 18.7 Å². The largest absolute Gasteiger partial charge is 0.493 e. The molecule has 1 aromatic carbocycles. The number of Topliss-reactive ketones (excluding diaryl/α,β-unsaturated/α-hetero) is 1. The Hall–Kier alpha value is -3.07. The SMILES string of the molecule is CCCn1c(N)c(C(=O)CN(C)Cc2cccc(OC)c2OC)c(=O)[nH]c1=O. The van der Waals surface area contributed by atoms with Gasteiger partial charge in [0.25, 0.3) is 5.56 Å². The molecule has 3 N–H and O–H groups in total. The average Bonchev–Trinajstić information content (AvgIpc) is 2.64. The minimum absolute atomic E-state index is 0.0576. The van der Waals surface area contributed by atoms with E-state index in [1.807, 2.05) is 19.1 Å². The van der Waals surface area contributed by atoms with Crippen molar-refractivity contribution < 1.29 is 14.3 Å². The van der Waals surface area contributed by atoms with Crippen molar-refractivity contribution in [3.05, 3.63) is 50.2 Å². The highest BCUT2D eigenvalue weighted by Crippen LogP contribution is 2.31. The summed E-state index contributed by atoms with van der Waals surface area (Å²) in [7, 11) is 4.84. The summed E-state index contributed by atoms with van der Waals surface area (Å²) >= 11 is 0. The number of H-pyrrole nitrogens is 1. The molecule has 0 saturated carbocycles. The van der Waals surface area contributed by atoms with Gasteiger partial charge in [-0.05, 0) is 19.5 Å². The van der Waals surface area contributed by atoms with E-state index in [1.165, 1.54) is 4.57 Å². The van der Waals surface area contributed by atoms with Crippen LogP contribution in [0.2, 0.25) is 0 Å². The maximum Gasteiger partial charge on any atom is 0.329 e. The summed E-state index contributed by atoms with van der Waals surface area (Å²) in [6, 6.07) is 5.48. The van der Waals surface area contributed by atoms with Gasteiger partial charge >= 0.3 is 5.69 Å². The van der Waals surface area contributed by atoms with Gasteiger partial charge in [0.05, 0.1) is 20.8 Å².